The van der Waals surface area contributed by atoms with Gasteiger partial charge in [0.2, 0.25) is 0 Å². The lowest BCUT2D eigenvalue weighted by Crippen LogP contribution is -2.45. The Bertz CT molecular complexity index is 181. The lowest BCUT2D eigenvalue weighted by molar-refractivity contribution is -0.149. The van der Waals surface area contributed by atoms with E-state index in [-0.39, 0.29) is 5.91 Å². The molecule has 1 amide bonds. The third kappa shape index (κ3) is 4.07. The minimum Gasteiger partial charge on any atom is -0.369 e. The summed E-state index contributed by atoms with van der Waals surface area (Å²) >= 11 is 0. The zero-order valence-electron chi connectivity index (χ0n) is 9.89. The molecular weight excluding hydrogens is 180 g/mol. The van der Waals surface area contributed by atoms with Crippen molar-refractivity contribution in [3.8, 4) is 0 Å². The normalized spacial score (nSPS) is 11.5. The summed E-state index contributed by atoms with van der Waals surface area (Å²) in [6.45, 7) is 5.24. The zero-order valence-corrected chi connectivity index (χ0v) is 9.89. The van der Waals surface area contributed by atoms with Crippen molar-refractivity contribution in [3.05, 3.63) is 0 Å². The number of likely N-dealkylation sites (N-methyl/N-ethyl adjacent to an activating group) is 1. The van der Waals surface area contributed by atoms with Crippen LogP contribution in [-0.2, 0) is 9.53 Å². The van der Waals surface area contributed by atoms with Gasteiger partial charge in [0.25, 0.3) is 5.91 Å². The Hall–Kier alpha value is -0.610. The standard InChI is InChI=1S/C10H22N2O2/c1-10(2,14-5)9(13)12(4)8-6-7-11-3/h11H,6-8H2,1-5H3. The molecule has 0 spiro atoms. The maximum atomic E-state index is 11.8. The van der Waals surface area contributed by atoms with E-state index in [0.29, 0.717) is 0 Å². The second-order valence-electron chi connectivity index (χ2n) is 3.90. The predicted molar refractivity (Wildman–Crippen MR) is 57.3 cm³/mol. The van der Waals surface area contributed by atoms with Crippen molar-refractivity contribution in [2.45, 2.75) is 25.9 Å². The van der Waals surface area contributed by atoms with Gasteiger partial charge < -0.3 is 15.0 Å². The maximum Gasteiger partial charge on any atom is 0.253 e. The van der Waals surface area contributed by atoms with E-state index in [0.717, 1.165) is 19.5 Å². The van der Waals surface area contributed by atoms with E-state index in [9.17, 15) is 4.79 Å². The van der Waals surface area contributed by atoms with Gasteiger partial charge in [0.05, 0.1) is 0 Å². The van der Waals surface area contributed by atoms with Crippen LogP contribution < -0.4 is 5.32 Å². The Labute approximate surface area is 86.6 Å². The molecule has 0 saturated heterocycles. The predicted octanol–water partition coefficient (Wildman–Crippen LogP) is 0.479. The number of amides is 1. The van der Waals surface area contributed by atoms with Crippen molar-refractivity contribution in [1.29, 1.82) is 0 Å². The molecule has 0 aromatic heterocycles. The van der Waals surface area contributed by atoms with Crippen LogP contribution in [0.15, 0.2) is 0 Å². The molecule has 0 aliphatic rings. The summed E-state index contributed by atoms with van der Waals surface area (Å²) in [5.74, 6) is 0.0242. The molecule has 0 aromatic rings. The lowest BCUT2D eigenvalue weighted by Gasteiger charge is -2.28. The number of nitrogens with zero attached hydrogens (tertiary/aromatic N) is 1. The smallest absolute Gasteiger partial charge is 0.253 e. The van der Waals surface area contributed by atoms with Gasteiger partial charge in [-0.1, -0.05) is 0 Å². The SMILES string of the molecule is CNCCCN(C)C(=O)C(C)(C)OC. The molecule has 0 radical (unpaired) electrons. The molecule has 0 aromatic carbocycles. The van der Waals surface area contributed by atoms with Crippen molar-refractivity contribution in [2.24, 2.45) is 0 Å². The van der Waals surface area contributed by atoms with Crippen LogP contribution in [-0.4, -0.2) is 50.7 Å². The Morgan fingerprint density at radius 3 is 2.50 bits per heavy atom. The average Bonchev–Trinajstić information content (AvgIpc) is 2.17. The van der Waals surface area contributed by atoms with Crippen molar-refractivity contribution >= 4 is 5.91 Å². The third-order valence-electron chi connectivity index (χ3n) is 2.29. The van der Waals surface area contributed by atoms with Gasteiger partial charge in [-0.2, -0.15) is 0 Å². The molecule has 0 heterocycles. The van der Waals surface area contributed by atoms with Crippen LogP contribution in [0.4, 0.5) is 0 Å². The molecule has 0 atom stereocenters. The van der Waals surface area contributed by atoms with Gasteiger partial charge in [-0.05, 0) is 33.9 Å². The van der Waals surface area contributed by atoms with Crippen LogP contribution in [0.1, 0.15) is 20.3 Å². The summed E-state index contributed by atoms with van der Waals surface area (Å²) in [5, 5.41) is 3.05. The van der Waals surface area contributed by atoms with Gasteiger partial charge in [0.15, 0.2) is 0 Å². The summed E-state index contributed by atoms with van der Waals surface area (Å²) in [6, 6.07) is 0. The summed E-state index contributed by atoms with van der Waals surface area (Å²) < 4.78 is 5.12. The van der Waals surface area contributed by atoms with Crippen molar-refractivity contribution < 1.29 is 9.53 Å². The third-order valence-corrected chi connectivity index (χ3v) is 2.29. The molecule has 84 valence electrons. The first-order chi connectivity index (χ1) is 6.45. The van der Waals surface area contributed by atoms with Crippen LogP contribution in [0.2, 0.25) is 0 Å². The summed E-state index contributed by atoms with van der Waals surface area (Å²) in [6.07, 6.45) is 0.957. The van der Waals surface area contributed by atoms with E-state index < -0.39 is 5.60 Å². The van der Waals surface area contributed by atoms with Gasteiger partial charge in [0.1, 0.15) is 5.60 Å². The lowest BCUT2D eigenvalue weighted by atomic mass is 10.1. The molecule has 0 saturated carbocycles. The monoisotopic (exact) mass is 202 g/mol. The number of nitrogens with one attached hydrogen (secondary N) is 1. The second kappa shape index (κ2) is 5.98. The van der Waals surface area contributed by atoms with E-state index >= 15 is 0 Å². The topological polar surface area (TPSA) is 41.6 Å². The van der Waals surface area contributed by atoms with Crippen LogP contribution >= 0.6 is 0 Å². The first-order valence-corrected chi connectivity index (χ1v) is 4.91. The highest BCUT2D eigenvalue weighted by Gasteiger charge is 2.29. The molecule has 4 heteroatoms. The number of hydrogen-bond donors (Lipinski definition) is 1. The summed E-state index contributed by atoms with van der Waals surface area (Å²) in [5.41, 5.74) is -0.714. The minimum absolute atomic E-state index is 0.0242. The highest BCUT2D eigenvalue weighted by atomic mass is 16.5. The summed E-state index contributed by atoms with van der Waals surface area (Å²) in [7, 11) is 5.26. The average molecular weight is 202 g/mol. The minimum atomic E-state index is -0.714. The van der Waals surface area contributed by atoms with E-state index in [2.05, 4.69) is 5.32 Å². The Morgan fingerprint density at radius 1 is 1.50 bits per heavy atom. The fourth-order valence-electron chi connectivity index (χ4n) is 1.14. The largest absolute Gasteiger partial charge is 0.369 e. The van der Waals surface area contributed by atoms with Gasteiger partial charge in [-0.3, -0.25) is 4.79 Å². The van der Waals surface area contributed by atoms with E-state index in [1.165, 1.54) is 0 Å². The fraction of sp³-hybridized carbons (Fsp3) is 0.900. The number of carbonyl (C=O) groups excluding carboxylic acids is 1. The molecule has 4 nitrogen and oxygen atoms in total. The van der Waals surface area contributed by atoms with Crippen LogP contribution in [0.25, 0.3) is 0 Å². The highest BCUT2D eigenvalue weighted by molar-refractivity contribution is 5.84. The first kappa shape index (κ1) is 13.4. The molecule has 0 aliphatic carbocycles. The molecule has 14 heavy (non-hydrogen) atoms. The Kier molecular flexibility index (Phi) is 5.72. The summed E-state index contributed by atoms with van der Waals surface area (Å²) in [4.78, 5) is 13.5. The zero-order chi connectivity index (χ0) is 11.2. The number of methoxy groups -OCH3 is 1. The van der Waals surface area contributed by atoms with Crippen molar-refractivity contribution in [2.75, 3.05) is 34.3 Å². The molecule has 0 fully saturated rings. The van der Waals surface area contributed by atoms with Crippen LogP contribution in [0.5, 0.6) is 0 Å². The van der Waals surface area contributed by atoms with Gasteiger partial charge >= 0.3 is 0 Å². The Morgan fingerprint density at radius 2 is 2.07 bits per heavy atom. The van der Waals surface area contributed by atoms with Gasteiger partial charge in [0, 0.05) is 20.7 Å². The first-order valence-electron chi connectivity index (χ1n) is 4.91. The maximum absolute atomic E-state index is 11.8. The molecule has 1 N–H and O–H groups in total. The number of hydrogen-bond acceptors (Lipinski definition) is 3. The van der Waals surface area contributed by atoms with Crippen molar-refractivity contribution in [3.63, 3.8) is 0 Å². The second-order valence-corrected chi connectivity index (χ2v) is 3.90. The molecule has 0 unspecified atom stereocenters. The molecule has 0 aliphatic heterocycles. The number of rotatable bonds is 6. The molecule has 0 bridgehead atoms. The van der Waals surface area contributed by atoms with Gasteiger partial charge in [-0.25, -0.2) is 0 Å². The Balaban J connectivity index is 3.99. The highest BCUT2D eigenvalue weighted by Crippen LogP contribution is 2.11. The number of carbonyl (C=O) groups is 1. The van der Waals surface area contributed by atoms with Crippen LogP contribution in [0.3, 0.4) is 0 Å². The van der Waals surface area contributed by atoms with Crippen molar-refractivity contribution in [1.82, 2.24) is 10.2 Å². The van der Waals surface area contributed by atoms with E-state index in [1.807, 2.05) is 7.05 Å². The quantitative estimate of drug-likeness (QED) is 0.637. The molecular formula is C10H22N2O2. The fourth-order valence-corrected chi connectivity index (χ4v) is 1.14. The van der Waals surface area contributed by atoms with Gasteiger partial charge in [-0.15, -0.1) is 0 Å². The van der Waals surface area contributed by atoms with E-state index in [1.54, 1.807) is 32.9 Å². The van der Waals surface area contributed by atoms with E-state index in [4.69, 9.17) is 4.74 Å². The number of ether oxygens (including phenoxy) is 1. The van der Waals surface area contributed by atoms with Crippen LogP contribution in [0, 0.1) is 0 Å². The molecule has 0 rings (SSSR count).